The number of benzene rings is 2. The Hall–Kier alpha value is -3.78. The van der Waals surface area contributed by atoms with E-state index >= 15 is 4.39 Å². The number of nitrogens with zero attached hydrogens (tertiary/aromatic N) is 2. The number of rotatable bonds is 11. The van der Waals surface area contributed by atoms with Crippen molar-refractivity contribution in [3.8, 4) is 23.0 Å². The number of aliphatic hydroxyl groups excluding tert-OH is 1. The largest absolute Gasteiger partial charge is 0.587 e. The predicted molar refractivity (Wildman–Crippen MR) is 133 cm³/mol. The fourth-order valence-corrected chi connectivity index (χ4v) is 5.02. The molecule has 0 amide bonds. The Morgan fingerprint density at radius 3 is 1.98 bits per heavy atom. The fraction of sp³-hybridized carbons (Fsp3) is 0.333. The third kappa shape index (κ3) is 6.02. The van der Waals surface area contributed by atoms with E-state index in [1.165, 1.54) is 62.8 Å². The molecule has 0 bridgehead atoms. The van der Waals surface area contributed by atoms with Crippen LogP contribution in [0.2, 0.25) is 0 Å². The molecule has 0 saturated carbocycles. The second-order valence-corrected chi connectivity index (χ2v) is 9.97. The minimum Gasteiger partial charge on any atom is -0.497 e. The number of halogens is 3. The van der Waals surface area contributed by atoms with Crippen molar-refractivity contribution in [3.63, 3.8) is 0 Å². The number of anilines is 1. The highest BCUT2D eigenvalue weighted by atomic mass is 31.2. The summed E-state index contributed by atoms with van der Waals surface area (Å²) in [6, 6.07) is 12.4. The number of phosphoric acid groups is 1. The van der Waals surface area contributed by atoms with Gasteiger partial charge in [-0.1, -0.05) is 0 Å². The Morgan fingerprint density at radius 1 is 1.02 bits per heavy atom. The lowest BCUT2D eigenvalue weighted by Crippen LogP contribution is -2.52. The number of hydrogen-bond acceptors (Lipinski definition) is 11. The highest BCUT2D eigenvalue weighted by molar-refractivity contribution is 7.49. The summed E-state index contributed by atoms with van der Waals surface area (Å²) >= 11 is 0. The van der Waals surface area contributed by atoms with Gasteiger partial charge in [0.05, 0.1) is 20.8 Å². The average molecular weight is 587 g/mol. The van der Waals surface area contributed by atoms with Gasteiger partial charge in [0.2, 0.25) is 0 Å². The number of nitrogens with two attached hydrogens (primary N) is 1. The summed E-state index contributed by atoms with van der Waals surface area (Å²) in [6.45, 7) is -1.37. The maximum atomic E-state index is 15.1. The number of phosphoric ester groups is 1. The normalized spacial score (nSPS) is 22.7. The third-order valence-corrected chi connectivity index (χ3v) is 7.23. The van der Waals surface area contributed by atoms with Crippen LogP contribution in [0.25, 0.3) is 0 Å². The first-order chi connectivity index (χ1) is 19.0. The van der Waals surface area contributed by atoms with Gasteiger partial charge >= 0.3 is 13.5 Å². The molecule has 3 N–H and O–H groups in total. The second-order valence-electron chi connectivity index (χ2n) is 8.45. The van der Waals surface area contributed by atoms with Gasteiger partial charge in [0.1, 0.15) is 34.9 Å². The van der Waals surface area contributed by atoms with E-state index < -0.39 is 50.6 Å². The molecule has 2 heterocycles. The maximum Gasteiger partial charge on any atom is 0.587 e. The van der Waals surface area contributed by atoms with Crippen LogP contribution in [0, 0.1) is 0 Å². The molecule has 1 aliphatic rings. The molecule has 16 heteroatoms. The predicted octanol–water partition coefficient (Wildman–Crippen LogP) is 3.36. The number of hydrogen-bond donors (Lipinski definition) is 2. The van der Waals surface area contributed by atoms with E-state index in [1.807, 2.05) is 0 Å². The molecule has 216 valence electrons. The van der Waals surface area contributed by atoms with Crippen molar-refractivity contribution in [2.75, 3.05) is 26.6 Å². The highest BCUT2D eigenvalue weighted by Crippen LogP contribution is 2.52. The first kappa shape index (κ1) is 29.2. The minimum atomic E-state index is -4.82. The van der Waals surface area contributed by atoms with Crippen LogP contribution in [0.5, 0.6) is 23.0 Å². The average Bonchev–Trinajstić information content (AvgIpc) is 3.19. The van der Waals surface area contributed by atoms with Crippen LogP contribution in [-0.2, 0) is 13.8 Å². The van der Waals surface area contributed by atoms with Gasteiger partial charge in [0.15, 0.2) is 18.0 Å². The van der Waals surface area contributed by atoms with E-state index in [-0.39, 0.29) is 17.3 Å². The Kier molecular flexibility index (Phi) is 8.59. The van der Waals surface area contributed by atoms with Crippen LogP contribution in [-0.4, -0.2) is 59.8 Å². The molecule has 1 aliphatic heterocycles. The summed E-state index contributed by atoms with van der Waals surface area (Å²) in [5, 5.41) is 10.5. The smallest absolute Gasteiger partial charge is 0.497 e. The maximum absolute atomic E-state index is 15.1. The van der Waals surface area contributed by atoms with Gasteiger partial charge in [0, 0.05) is 6.20 Å². The lowest BCUT2D eigenvalue weighted by molar-refractivity contribution is -0.193. The van der Waals surface area contributed by atoms with Crippen LogP contribution in [0.3, 0.4) is 0 Å². The lowest BCUT2D eigenvalue weighted by Gasteiger charge is -2.31. The molecule has 0 spiro atoms. The lowest BCUT2D eigenvalue weighted by atomic mass is 9.97. The zero-order valence-corrected chi connectivity index (χ0v) is 22.0. The molecule has 1 fully saturated rings. The molecule has 0 unspecified atom stereocenters. The van der Waals surface area contributed by atoms with Gasteiger partial charge in [-0.05, 0) is 54.6 Å². The zero-order valence-electron chi connectivity index (χ0n) is 21.1. The topological polar surface area (TPSA) is 154 Å². The summed E-state index contributed by atoms with van der Waals surface area (Å²) in [7, 11) is -1.98. The monoisotopic (exact) mass is 587 g/mol. The van der Waals surface area contributed by atoms with Crippen molar-refractivity contribution >= 4 is 13.6 Å². The summed E-state index contributed by atoms with van der Waals surface area (Å²) in [4.78, 5) is 15.6. The van der Waals surface area contributed by atoms with Crippen molar-refractivity contribution in [3.05, 3.63) is 71.3 Å². The number of aromatic nitrogens is 2. The Bertz CT molecular complexity index is 1360. The number of methoxy groups -OCH3 is 2. The number of ether oxygens (including phenoxy) is 3. The summed E-state index contributed by atoms with van der Waals surface area (Å²) in [5.41, 5.74) is 1.22. The molecular formula is C24H25F3N3O9P. The Morgan fingerprint density at radius 2 is 1.52 bits per heavy atom. The van der Waals surface area contributed by atoms with Crippen LogP contribution in [0.1, 0.15) is 6.23 Å². The van der Waals surface area contributed by atoms with Crippen LogP contribution < -0.4 is 29.9 Å². The third-order valence-electron chi connectivity index (χ3n) is 5.91. The van der Waals surface area contributed by atoms with E-state index in [0.29, 0.717) is 16.1 Å². The zero-order chi connectivity index (χ0) is 29.1. The van der Waals surface area contributed by atoms with Gasteiger partial charge in [-0.3, -0.25) is 9.09 Å². The van der Waals surface area contributed by atoms with Gasteiger partial charge in [-0.25, -0.2) is 22.5 Å². The standard InChI is InChI=1S/C24H25F3N3O9P/c1-34-14-3-7-16(8-4-14)38-40(33,39-17-9-5-15(35-2)6-10-17)36-13-24(22(26)27)20(31)19(25)21(37-24)30-12-11-18(28)29-23(30)32/h3-12,19-22,31H,13H2,1-2H3,(H2,28,29,32)/t19-,20+,21-,24-/m1/s1. The quantitative estimate of drug-likeness (QED) is 0.318. The van der Waals surface area contributed by atoms with E-state index in [4.69, 9.17) is 33.5 Å². The summed E-state index contributed by atoms with van der Waals surface area (Å²) < 4.78 is 89.6. The van der Waals surface area contributed by atoms with E-state index in [0.717, 1.165) is 12.3 Å². The van der Waals surface area contributed by atoms with Crippen molar-refractivity contribution in [2.45, 2.75) is 30.5 Å². The number of nitrogen functional groups attached to an aromatic ring is 1. The SMILES string of the molecule is COc1ccc(OP(=O)(OC[C@@]2(C(F)F)O[C@@H](n3ccc(N)nc3=O)[C@H](F)[C@@H]2O)Oc2ccc(OC)cc2)cc1. The summed E-state index contributed by atoms with van der Waals surface area (Å²) in [5.74, 6) is 0.553. The summed E-state index contributed by atoms with van der Waals surface area (Å²) in [6.07, 6.45) is -9.71. The van der Waals surface area contributed by atoms with Crippen molar-refractivity contribution < 1.29 is 50.6 Å². The Labute approximate surface area is 225 Å². The van der Waals surface area contributed by atoms with E-state index in [1.54, 1.807) is 0 Å². The molecule has 1 saturated heterocycles. The van der Waals surface area contributed by atoms with Crippen molar-refractivity contribution in [1.82, 2.24) is 9.55 Å². The molecule has 4 atom stereocenters. The van der Waals surface area contributed by atoms with Crippen molar-refractivity contribution in [2.24, 2.45) is 0 Å². The van der Waals surface area contributed by atoms with Gasteiger partial charge in [0.25, 0.3) is 6.43 Å². The van der Waals surface area contributed by atoms with Crippen LogP contribution in [0.15, 0.2) is 65.6 Å². The van der Waals surface area contributed by atoms with Gasteiger partial charge in [-0.2, -0.15) is 4.98 Å². The Balaban J connectivity index is 1.64. The first-order valence-electron chi connectivity index (χ1n) is 11.5. The molecular weight excluding hydrogens is 562 g/mol. The number of alkyl halides is 3. The van der Waals surface area contributed by atoms with E-state index in [9.17, 15) is 23.2 Å². The van der Waals surface area contributed by atoms with E-state index in [2.05, 4.69) is 4.98 Å². The fourth-order valence-electron chi connectivity index (χ4n) is 3.76. The van der Waals surface area contributed by atoms with Crippen LogP contribution in [0.4, 0.5) is 19.0 Å². The molecule has 2 aromatic carbocycles. The minimum absolute atomic E-state index is 0.0580. The molecule has 12 nitrogen and oxygen atoms in total. The molecule has 3 aromatic rings. The molecule has 4 rings (SSSR count). The first-order valence-corrected chi connectivity index (χ1v) is 13.0. The molecule has 1 aromatic heterocycles. The molecule has 0 radical (unpaired) electrons. The van der Waals surface area contributed by atoms with Gasteiger partial charge < -0.3 is 34.1 Å². The molecule has 40 heavy (non-hydrogen) atoms. The van der Waals surface area contributed by atoms with Gasteiger partial charge in [-0.15, -0.1) is 0 Å². The molecule has 0 aliphatic carbocycles. The van der Waals surface area contributed by atoms with Crippen LogP contribution >= 0.6 is 7.82 Å². The second kappa shape index (κ2) is 11.8. The van der Waals surface area contributed by atoms with Crippen molar-refractivity contribution in [1.29, 1.82) is 0 Å². The number of aliphatic hydroxyl groups is 1. The highest BCUT2D eigenvalue weighted by Gasteiger charge is 2.62.